The highest BCUT2D eigenvalue weighted by Crippen LogP contribution is 2.18. The van der Waals surface area contributed by atoms with Gasteiger partial charge in [-0.05, 0) is 6.92 Å². The molecule has 0 saturated heterocycles. The van der Waals surface area contributed by atoms with Crippen LogP contribution in [-0.4, -0.2) is 29.5 Å². The molecule has 0 saturated carbocycles. The molecule has 0 aliphatic heterocycles. The normalized spacial score (nSPS) is 9.94. The number of hydrogen-bond acceptors (Lipinski definition) is 5. The van der Waals surface area contributed by atoms with Gasteiger partial charge in [0.2, 0.25) is 0 Å². The number of halogens is 1. The molecule has 0 amide bonds. The van der Waals surface area contributed by atoms with Gasteiger partial charge in [-0.1, -0.05) is 12.2 Å². The van der Waals surface area contributed by atoms with Crippen LogP contribution in [0.3, 0.4) is 0 Å². The quantitative estimate of drug-likeness (QED) is 0.585. The maximum Gasteiger partial charge on any atom is 0.310 e. The fourth-order valence-corrected chi connectivity index (χ4v) is 1.64. The summed E-state index contributed by atoms with van der Waals surface area (Å²) in [7, 11) is 1.42. The van der Waals surface area contributed by atoms with Gasteiger partial charge in [0.1, 0.15) is 11.6 Å². The van der Waals surface area contributed by atoms with E-state index in [0.29, 0.717) is 22.9 Å². The number of ether oxygens (including phenoxy) is 2. The van der Waals surface area contributed by atoms with Crippen LogP contribution in [0.5, 0.6) is 5.75 Å². The second kappa shape index (κ2) is 7.00. The molecule has 0 unspecified atom stereocenters. The Labute approximate surface area is 110 Å². The number of carbonyl (C=O) groups excluding carboxylic acids is 1. The number of nitrogens with zero attached hydrogens (tertiary/aromatic N) is 1. The number of pyridine rings is 1. The van der Waals surface area contributed by atoms with Crippen molar-refractivity contribution in [2.75, 3.05) is 13.7 Å². The minimum atomic E-state index is -0.480. The maximum atomic E-state index is 12.9. The predicted molar refractivity (Wildman–Crippen MR) is 68.3 cm³/mol. The highest BCUT2D eigenvalue weighted by atomic mass is 32.1. The molecule has 0 bridgehead atoms. The van der Waals surface area contributed by atoms with Crippen molar-refractivity contribution in [1.82, 2.24) is 4.98 Å². The van der Waals surface area contributed by atoms with Crippen LogP contribution in [0.15, 0.2) is 12.3 Å². The summed E-state index contributed by atoms with van der Waals surface area (Å²) in [5, 5.41) is 0. The summed E-state index contributed by atoms with van der Waals surface area (Å²) in [5.74, 6) is -0.531. The van der Waals surface area contributed by atoms with Gasteiger partial charge in [-0.2, -0.15) is 0 Å². The number of esters is 1. The summed E-state index contributed by atoms with van der Waals surface area (Å²) in [5.41, 5.74) is 0.508. The lowest BCUT2D eigenvalue weighted by Crippen LogP contribution is -2.12. The third-order valence-corrected chi connectivity index (χ3v) is 2.42. The second-order valence-electron chi connectivity index (χ2n) is 3.50. The van der Waals surface area contributed by atoms with E-state index >= 15 is 0 Å². The second-order valence-corrected chi connectivity index (χ2v) is 4.08. The van der Waals surface area contributed by atoms with Crippen molar-refractivity contribution in [3.8, 4) is 5.75 Å². The first-order chi connectivity index (χ1) is 8.56. The third-order valence-electron chi connectivity index (χ3n) is 2.13. The summed E-state index contributed by atoms with van der Waals surface area (Å²) in [6.07, 6.45) is 1.41. The first-order valence-electron chi connectivity index (χ1n) is 5.42. The van der Waals surface area contributed by atoms with Gasteiger partial charge in [-0.15, -0.1) is 0 Å². The maximum absolute atomic E-state index is 12.9. The van der Waals surface area contributed by atoms with E-state index in [1.807, 2.05) is 0 Å². The van der Waals surface area contributed by atoms with Crippen LogP contribution in [0.2, 0.25) is 0 Å². The number of hydrogen-bond donors (Lipinski definition) is 0. The molecular formula is C12H14FNO3S. The zero-order valence-corrected chi connectivity index (χ0v) is 11.1. The molecule has 6 heteroatoms. The van der Waals surface area contributed by atoms with E-state index in [1.54, 1.807) is 6.92 Å². The van der Waals surface area contributed by atoms with Gasteiger partial charge < -0.3 is 9.47 Å². The molecule has 0 atom stereocenters. The van der Waals surface area contributed by atoms with Crippen molar-refractivity contribution in [3.63, 3.8) is 0 Å². The Balaban J connectivity index is 2.67. The van der Waals surface area contributed by atoms with Crippen LogP contribution in [0, 0.1) is 5.82 Å². The summed E-state index contributed by atoms with van der Waals surface area (Å²) >= 11 is 5.08. The van der Waals surface area contributed by atoms with Crippen molar-refractivity contribution >= 4 is 23.1 Å². The van der Waals surface area contributed by atoms with Crippen molar-refractivity contribution in [2.24, 2.45) is 0 Å². The smallest absolute Gasteiger partial charge is 0.310 e. The molecule has 1 rings (SSSR count). The number of carbonyl (C=O) groups is 1. The number of rotatable bonds is 6. The molecule has 1 aromatic heterocycles. The minimum Gasteiger partial charge on any atom is -0.495 e. The van der Waals surface area contributed by atoms with E-state index in [2.05, 4.69) is 4.98 Å². The predicted octanol–water partition coefficient (Wildman–Crippen LogP) is 2.09. The molecule has 0 N–H and O–H groups in total. The fraction of sp³-hybridized carbons (Fsp3) is 0.417. The van der Waals surface area contributed by atoms with Gasteiger partial charge in [-0.25, -0.2) is 4.39 Å². The first kappa shape index (κ1) is 14.5. The molecule has 1 aromatic rings. The van der Waals surface area contributed by atoms with E-state index in [9.17, 15) is 9.18 Å². The van der Waals surface area contributed by atoms with E-state index in [4.69, 9.17) is 21.7 Å². The van der Waals surface area contributed by atoms with E-state index in [-0.39, 0.29) is 18.8 Å². The lowest BCUT2D eigenvalue weighted by molar-refractivity contribution is -0.141. The largest absolute Gasteiger partial charge is 0.495 e. The standard InChI is InChI=1S/C12H14FNO3S/c1-3-17-12(15)6-9(18)5-10-11(16-2)4-8(13)7-14-10/h4,7H,3,5-6H2,1-2H3. The van der Waals surface area contributed by atoms with Gasteiger partial charge in [0, 0.05) is 17.4 Å². The summed E-state index contributed by atoms with van der Waals surface area (Å²) in [6, 6.07) is 1.23. The lowest BCUT2D eigenvalue weighted by atomic mass is 10.1. The van der Waals surface area contributed by atoms with Gasteiger partial charge >= 0.3 is 5.97 Å². The average Bonchev–Trinajstić information content (AvgIpc) is 2.31. The highest BCUT2D eigenvalue weighted by molar-refractivity contribution is 7.80. The fourth-order valence-electron chi connectivity index (χ4n) is 1.38. The highest BCUT2D eigenvalue weighted by Gasteiger charge is 2.12. The van der Waals surface area contributed by atoms with Gasteiger partial charge in [-0.3, -0.25) is 9.78 Å². The molecule has 18 heavy (non-hydrogen) atoms. The Hall–Kier alpha value is -1.56. The molecule has 0 radical (unpaired) electrons. The van der Waals surface area contributed by atoms with Crippen LogP contribution >= 0.6 is 12.2 Å². The zero-order valence-electron chi connectivity index (χ0n) is 10.2. The Morgan fingerprint density at radius 1 is 1.56 bits per heavy atom. The van der Waals surface area contributed by atoms with E-state index in [0.717, 1.165) is 6.20 Å². The molecule has 1 heterocycles. The number of aromatic nitrogens is 1. The SMILES string of the molecule is CCOC(=O)CC(=S)Cc1ncc(F)cc1OC. The van der Waals surface area contributed by atoms with Crippen molar-refractivity contribution in [3.05, 3.63) is 23.8 Å². The topological polar surface area (TPSA) is 48.4 Å². The minimum absolute atomic E-state index is 0.0470. The Morgan fingerprint density at radius 3 is 2.89 bits per heavy atom. The van der Waals surface area contributed by atoms with Crippen LogP contribution in [-0.2, 0) is 16.0 Å². The van der Waals surface area contributed by atoms with Gasteiger partial charge in [0.05, 0.1) is 32.0 Å². The molecule has 0 fully saturated rings. The Morgan fingerprint density at radius 2 is 2.28 bits per heavy atom. The van der Waals surface area contributed by atoms with Crippen LogP contribution in [0.1, 0.15) is 19.0 Å². The zero-order chi connectivity index (χ0) is 13.5. The molecule has 4 nitrogen and oxygen atoms in total. The average molecular weight is 271 g/mol. The summed E-state index contributed by atoms with van der Waals surface area (Å²) in [4.78, 5) is 15.6. The number of methoxy groups -OCH3 is 1. The van der Waals surface area contributed by atoms with Crippen LogP contribution < -0.4 is 4.74 Å². The summed E-state index contributed by atoms with van der Waals surface area (Å²) in [6.45, 7) is 2.05. The Kier molecular flexibility index (Phi) is 5.64. The van der Waals surface area contributed by atoms with Crippen molar-refractivity contribution < 1.29 is 18.7 Å². The summed E-state index contributed by atoms with van der Waals surface area (Å²) < 4.78 is 22.7. The molecule has 0 aromatic carbocycles. The van der Waals surface area contributed by atoms with Crippen LogP contribution in [0.25, 0.3) is 0 Å². The first-order valence-corrected chi connectivity index (χ1v) is 5.83. The Bertz CT molecular complexity index is 451. The van der Waals surface area contributed by atoms with Crippen molar-refractivity contribution in [2.45, 2.75) is 19.8 Å². The molecule has 0 aliphatic rings. The van der Waals surface area contributed by atoms with Crippen LogP contribution in [0.4, 0.5) is 4.39 Å². The van der Waals surface area contributed by atoms with E-state index in [1.165, 1.54) is 13.2 Å². The van der Waals surface area contributed by atoms with E-state index < -0.39 is 5.82 Å². The lowest BCUT2D eigenvalue weighted by Gasteiger charge is -2.08. The van der Waals surface area contributed by atoms with Gasteiger partial charge in [0.25, 0.3) is 0 Å². The molecule has 0 spiro atoms. The molecule has 0 aliphatic carbocycles. The van der Waals surface area contributed by atoms with Crippen molar-refractivity contribution in [1.29, 1.82) is 0 Å². The molecule has 98 valence electrons. The molecular weight excluding hydrogens is 257 g/mol. The monoisotopic (exact) mass is 271 g/mol. The third kappa shape index (κ3) is 4.37. The number of thiocarbonyl (C=S) groups is 1. The van der Waals surface area contributed by atoms with Gasteiger partial charge in [0.15, 0.2) is 0 Å².